The van der Waals surface area contributed by atoms with E-state index in [0.717, 1.165) is 37.0 Å². The quantitative estimate of drug-likeness (QED) is 0.837. The van der Waals surface area contributed by atoms with Crippen LogP contribution in [0.15, 0.2) is 28.7 Å². The molecule has 0 radical (unpaired) electrons. The lowest BCUT2D eigenvalue weighted by molar-refractivity contribution is 0.271. The van der Waals surface area contributed by atoms with Gasteiger partial charge in [-0.25, -0.2) is 0 Å². The molecule has 0 spiro atoms. The molecule has 1 unspecified atom stereocenters. The van der Waals surface area contributed by atoms with Crippen LogP contribution in [0.3, 0.4) is 0 Å². The first-order valence-electron chi connectivity index (χ1n) is 8.16. The highest BCUT2D eigenvalue weighted by molar-refractivity contribution is 5.82. The van der Waals surface area contributed by atoms with Crippen LogP contribution in [0.5, 0.6) is 0 Å². The number of fused-ring (bicyclic) bond motifs is 1. The Hall–Kier alpha value is -1.32. The van der Waals surface area contributed by atoms with E-state index in [9.17, 15) is 0 Å². The first-order valence-corrected chi connectivity index (χ1v) is 8.16. The molecule has 3 nitrogen and oxygen atoms in total. The largest absolute Gasteiger partial charge is 0.459 e. The number of furan rings is 1. The van der Waals surface area contributed by atoms with Gasteiger partial charge in [0.2, 0.25) is 0 Å². The Morgan fingerprint density at radius 3 is 2.76 bits per heavy atom. The Morgan fingerprint density at radius 2 is 2.10 bits per heavy atom. The minimum atomic E-state index is 0.260. The fourth-order valence-electron chi connectivity index (χ4n) is 3.16. The maximum atomic E-state index is 6.03. The summed E-state index contributed by atoms with van der Waals surface area (Å²) in [5, 5.41) is 4.84. The predicted molar refractivity (Wildman–Crippen MR) is 87.6 cm³/mol. The first kappa shape index (κ1) is 14.6. The van der Waals surface area contributed by atoms with Crippen molar-refractivity contribution in [1.82, 2.24) is 10.2 Å². The summed E-state index contributed by atoms with van der Waals surface area (Å²) in [7, 11) is 0. The second-order valence-corrected chi connectivity index (χ2v) is 6.12. The summed E-state index contributed by atoms with van der Waals surface area (Å²) in [5.74, 6) is 1.07. The molecule has 1 aliphatic carbocycles. The van der Waals surface area contributed by atoms with E-state index in [-0.39, 0.29) is 6.04 Å². The van der Waals surface area contributed by atoms with E-state index in [0.29, 0.717) is 0 Å². The Balaban J connectivity index is 1.61. The van der Waals surface area contributed by atoms with Gasteiger partial charge in [-0.15, -0.1) is 0 Å². The smallest absolute Gasteiger partial charge is 0.134 e. The molecule has 0 aliphatic heterocycles. The molecule has 0 bridgehead atoms. The van der Waals surface area contributed by atoms with Crippen LogP contribution in [0.2, 0.25) is 0 Å². The van der Waals surface area contributed by atoms with Crippen LogP contribution >= 0.6 is 0 Å². The number of hydrogen-bond donors (Lipinski definition) is 1. The lowest BCUT2D eigenvalue weighted by Crippen LogP contribution is -2.34. The highest BCUT2D eigenvalue weighted by Crippen LogP contribution is 2.29. The van der Waals surface area contributed by atoms with Crippen LogP contribution in [-0.4, -0.2) is 30.6 Å². The van der Waals surface area contributed by atoms with Gasteiger partial charge in [-0.1, -0.05) is 25.1 Å². The summed E-state index contributed by atoms with van der Waals surface area (Å²) in [5.41, 5.74) is 2.26. The molecule has 1 atom stereocenters. The zero-order valence-electron chi connectivity index (χ0n) is 13.4. The average Bonchev–Trinajstić information content (AvgIpc) is 3.28. The lowest BCUT2D eigenvalue weighted by atomic mass is 10.1. The second kappa shape index (κ2) is 6.20. The van der Waals surface area contributed by atoms with E-state index in [1.807, 2.05) is 12.1 Å². The Labute approximate surface area is 127 Å². The molecule has 114 valence electrons. The molecule has 1 fully saturated rings. The van der Waals surface area contributed by atoms with Crippen LogP contribution in [0.25, 0.3) is 11.0 Å². The van der Waals surface area contributed by atoms with Gasteiger partial charge >= 0.3 is 0 Å². The fraction of sp³-hybridized carbons (Fsp3) is 0.556. The number of nitrogens with one attached hydrogen (secondary N) is 1. The fourth-order valence-corrected chi connectivity index (χ4v) is 3.16. The van der Waals surface area contributed by atoms with E-state index in [4.69, 9.17) is 4.42 Å². The first-order chi connectivity index (χ1) is 10.2. The summed E-state index contributed by atoms with van der Waals surface area (Å²) < 4.78 is 6.03. The molecule has 1 aromatic carbocycles. The average molecular weight is 286 g/mol. The number of hydrogen-bond acceptors (Lipinski definition) is 3. The van der Waals surface area contributed by atoms with E-state index in [1.165, 1.54) is 23.8 Å². The second-order valence-electron chi connectivity index (χ2n) is 6.12. The number of benzene rings is 1. The lowest BCUT2D eigenvalue weighted by Gasteiger charge is -2.21. The van der Waals surface area contributed by atoms with Crippen molar-refractivity contribution < 1.29 is 4.42 Å². The predicted octanol–water partition coefficient (Wildman–Crippen LogP) is 3.88. The molecule has 1 heterocycles. The van der Waals surface area contributed by atoms with Gasteiger partial charge in [0.05, 0.1) is 6.04 Å². The van der Waals surface area contributed by atoms with Crippen molar-refractivity contribution in [3.05, 3.63) is 35.6 Å². The molecular weight excluding hydrogens is 260 g/mol. The molecule has 0 saturated heterocycles. The maximum Gasteiger partial charge on any atom is 0.134 e. The van der Waals surface area contributed by atoms with Crippen molar-refractivity contribution in [2.75, 3.05) is 19.6 Å². The third-order valence-corrected chi connectivity index (χ3v) is 4.59. The highest BCUT2D eigenvalue weighted by Gasteiger charge is 2.27. The minimum Gasteiger partial charge on any atom is -0.459 e. The van der Waals surface area contributed by atoms with Crippen molar-refractivity contribution >= 4 is 11.0 Å². The number of rotatable bonds is 7. The van der Waals surface area contributed by atoms with Crippen LogP contribution < -0.4 is 5.32 Å². The van der Waals surface area contributed by atoms with Crippen molar-refractivity contribution in [2.45, 2.75) is 45.7 Å². The Morgan fingerprint density at radius 1 is 1.33 bits per heavy atom. The van der Waals surface area contributed by atoms with Gasteiger partial charge in [0.25, 0.3) is 0 Å². The van der Waals surface area contributed by atoms with Crippen molar-refractivity contribution in [3.8, 4) is 0 Å². The molecule has 1 N–H and O–H groups in total. The maximum absolute atomic E-state index is 6.03. The van der Waals surface area contributed by atoms with Gasteiger partial charge in [-0.05, 0) is 44.9 Å². The molecule has 1 aromatic heterocycles. The summed E-state index contributed by atoms with van der Waals surface area (Å²) in [6, 6.07) is 9.39. The molecular formula is C18H26N2O. The molecule has 3 rings (SSSR count). The van der Waals surface area contributed by atoms with Crippen molar-refractivity contribution in [2.24, 2.45) is 0 Å². The van der Waals surface area contributed by atoms with Gasteiger partial charge < -0.3 is 9.73 Å². The van der Waals surface area contributed by atoms with Gasteiger partial charge in [-0.3, -0.25) is 4.90 Å². The monoisotopic (exact) mass is 286 g/mol. The number of nitrogens with zero attached hydrogens (tertiary/aromatic N) is 1. The van der Waals surface area contributed by atoms with Crippen LogP contribution in [0.4, 0.5) is 0 Å². The van der Waals surface area contributed by atoms with Crippen LogP contribution in [0, 0.1) is 6.92 Å². The van der Waals surface area contributed by atoms with Crippen molar-refractivity contribution in [1.29, 1.82) is 0 Å². The van der Waals surface area contributed by atoms with Crippen LogP contribution in [-0.2, 0) is 0 Å². The zero-order valence-corrected chi connectivity index (χ0v) is 13.4. The number of aryl methyl sites for hydroxylation is 1. The highest BCUT2D eigenvalue weighted by atomic mass is 16.3. The van der Waals surface area contributed by atoms with Gasteiger partial charge in [0.15, 0.2) is 0 Å². The molecule has 21 heavy (non-hydrogen) atoms. The Kier molecular flexibility index (Phi) is 4.32. The topological polar surface area (TPSA) is 28.4 Å². The standard InChI is InChI=1S/C18H26N2O/c1-4-20(15-9-10-15)12-11-19-14(3)18-13(2)16-7-5-6-8-17(16)21-18/h5-8,14-15,19H,4,9-12H2,1-3H3. The van der Waals surface area contributed by atoms with E-state index in [1.54, 1.807) is 0 Å². The van der Waals surface area contributed by atoms with Gasteiger partial charge in [0, 0.05) is 24.5 Å². The van der Waals surface area contributed by atoms with E-state index < -0.39 is 0 Å². The minimum absolute atomic E-state index is 0.260. The summed E-state index contributed by atoms with van der Waals surface area (Å²) >= 11 is 0. The van der Waals surface area contributed by atoms with Gasteiger partial charge in [0.1, 0.15) is 11.3 Å². The van der Waals surface area contributed by atoms with E-state index >= 15 is 0 Å². The normalized spacial score (nSPS) is 16.8. The Bertz CT molecular complexity index is 600. The molecule has 1 aliphatic rings. The van der Waals surface area contributed by atoms with Crippen molar-refractivity contribution in [3.63, 3.8) is 0 Å². The van der Waals surface area contributed by atoms with Crippen LogP contribution in [0.1, 0.15) is 44.1 Å². The molecule has 0 amide bonds. The third-order valence-electron chi connectivity index (χ3n) is 4.59. The molecule has 1 saturated carbocycles. The van der Waals surface area contributed by atoms with E-state index in [2.05, 4.69) is 43.1 Å². The number of para-hydroxylation sites is 1. The summed E-state index contributed by atoms with van der Waals surface area (Å²) in [6.07, 6.45) is 2.76. The third kappa shape index (κ3) is 3.14. The zero-order chi connectivity index (χ0) is 14.8. The molecule has 3 heteroatoms. The van der Waals surface area contributed by atoms with Gasteiger partial charge in [-0.2, -0.15) is 0 Å². The number of likely N-dealkylation sites (N-methyl/N-ethyl adjacent to an activating group) is 1. The SMILES string of the molecule is CCN(CCNC(C)c1oc2ccccc2c1C)C1CC1. The summed E-state index contributed by atoms with van der Waals surface area (Å²) in [6.45, 7) is 9.91. The molecule has 2 aromatic rings. The summed E-state index contributed by atoms with van der Waals surface area (Å²) in [4.78, 5) is 2.57.